The maximum absolute atomic E-state index is 11.4. The van der Waals surface area contributed by atoms with Crippen molar-refractivity contribution in [1.29, 1.82) is 0 Å². The Balaban J connectivity index is 3.39. The molecule has 0 fully saturated rings. The summed E-state index contributed by atoms with van der Waals surface area (Å²) in [4.78, 5) is 21.8. The minimum atomic E-state index is -0.684. The summed E-state index contributed by atoms with van der Waals surface area (Å²) >= 11 is 0. The Kier molecular flexibility index (Phi) is 18.9. The van der Waals surface area contributed by atoms with Gasteiger partial charge in [0, 0.05) is 6.42 Å². The highest BCUT2D eigenvalue weighted by Gasteiger charge is 2.16. The molecule has 160 valence electrons. The third kappa shape index (κ3) is 19.5. The summed E-state index contributed by atoms with van der Waals surface area (Å²) in [6.07, 6.45) is 20.7. The van der Waals surface area contributed by atoms with Gasteiger partial charge in [-0.25, -0.2) is 0 Å². The molecule has 0 aromatic rings. The Hall–Kier alpha value is -1.06. The first-order chi connectivity index (χ1) is 13.1. The van der Waals surface area contributed by atoms with Gasteiger partial charge >= 0.3 is 11.9 Å². The van der Waals surface area contributed by atoms with Crippen molar-refractivity contribution < 1.29 is 19.8 Å². The molecule has 0 aliphatic carbocycles. The van der Waals surface area contributed by atoms with Crippen LogP contribution >= 0.6 is 0 Å². The largest absolute Gasteiger partial charge is 0.481 e. The molecule has 0 rings (SSSR count). The van der Waals surface area contributed by atoms with Gasteiger partial charge in [-0.05, 0) is 19.3 Å². The van der Waals surface area contributed by atoms with E-state index >= 15 is 0 Å². The van der Waals surface area contributed by atoms with E-state index in [-0.39, 0.29) is 5.92 Å². The zero-order chi connectivity index (χ0) is 20.2. The van der Waals surface area contributed by atoms with Crippen molar-refractivity contribution in [2.45, 2.75) is 129 Å². The SMILES string of the molecule is CCCCCCCC(CCCCCCCCCCCCCC(=O)O)C(=O)O. The summed E-state index contributed by atoms with van der Waals surface area (Å²) in [7, 11) is 0. The van der Waals surface area contributed by atoms with Gasteiger partial charge in [0.2, 0.25) is 0 Å². The lowest BCUT2D eigenvalue weighted by Gasteiger charge is -2.12. The predicted molar refractivity (Wildman–Crippen MR) is 112 cm³/mol. The molecule has 0 saturated heterocycles. The highest BCUT2D eigenvalue weighted by Crippen LogP contribution is 2.19. The van der Waals surface area contributed by atoms with Crippen LogP contribution in [0, 0.1) is 5.92 Å². The second kappa shape index (κ2) is 19.7. The molecule has 0 aliphatic rings. The molecule has 0 aromatic carbocycles. The fourth-order valence-electron chi connectivity index (χ4n) is 3.64. The van der Waals surface area contributed by atoms with Crippen molar-refractivity contribution in [3.8, 4) is 0 Å². The number of carboxylic acids is 2. The molecule has 4 heteroatoms. The van der Waals surface area contributed by atoms with Crippen LogP contribution in [0.15, 0.2) is 0 Å². The fourth-order valence-corrected chi connectivity index (χ4v) is 3.64. The highest BCUT2D eigenvalue weighted by molar-refractivity contribution is 5.69. The molecule has 0 spiro atoms. The average Bonchev–Trinajstić information content (AvgIpc) is 2.63. The number of rotatable bonds is 21. The van der Waals surface area contributed by atoms with Crippen molar-refractivity contribution >= 4 is 11.9 Å². The first-order valence-corrected chi connectivity index (χ1v) is 11.5. The van der Waals surface area contributed by atoms with E-state index in [9.17, 15) is 14.7 Å². The van der Waals surface area contributed by atoms with Crippen molar-refractivity contribution in [3.05, 3.63) is 0 Å². The molecule has 0 saturated carbocycles. The molecule has 2 N–H and O–H groups in total. The van der Waals surface area contributed by atoms with Gasteiger partial charge in [0.1, 0.15) is 0 Å². The monoisotopic (exact) mass is 384 g/mol. The zero-order valence-electron chi connectivity index (χ0n) is 17.7. The van der Waals surface area contributed by atoms with E-state index in [1.54, 1.807) is 0 Å². The number of carboxylic acid groups (broad SMARTS) is 2. The van der Waals surface area contributed by atoms with E-state index in [4.69, 9.17) is 5.11 Å². The third-order valence-corrected chi connectivity index (χ3v) is 5.45. The van der Waals surface area contributed by atoms with Crippen LogP contribution in [-0.4, -0.2) is 22.2 Å². The van der Waals surface area contributed by atoms with Gasteiger partial charge in [-0.1, -0.05) is 103 Å². The maximum atomic E-state index is 11.4. The molecule has 0 heterocycles. The summed E-state index contributed by atoms with van der Waals surface area (Å²) in [5.74, 6) is -1.42. The number of carbonyl (C=O) groups is 2. The van der Waals surface area contributed by atoms with Gasteiger partial charge in [0.05, 0.1) is 5.92 Å². The number of aliphatic carboxylic acids is 2. The molecule has 0 aliphatic heterocycles. The van der Waals surface area contributed by atoms with Crippen molar-refractivity contribution in [1.82, 2.24) is 0 Å². The van der Waals surface area contributed by atoms with Crippen LogP contribution < -0.4 is 0 Å². The van der Waals surface area contributed by atoms with Crippen LogP contribution in [0.2, 0.25) is 0 Å². The Labute approximate surface area is 167 Å². The van der Waals surface area contributed by atoms with E-state index in [2.05, 4.69) is 6.92 Å². The van der Waals surface area contributed by atoms with E-state index in [0.717, 1.165) is 51.4 Å². The van der Waals surface area contributed by atoms with Crippen molar-refractivity contribution in [3.63, 3.8) is 0 Å². The molecule has 27 heavy (non-hydrogen) atoms. The lowest BCUT2D eigenvalue weighted by atomic mass is 9.94. The first kappa shape index (κ1) is 25.9. The molecule has 0 bridgehead atoms. The summed E-state index contributed by atoms with van der Waals surface area (Å²) in [5.41, 5.74) is 0. The van der Waals surface area contributed by atoms with E-state index in [1.807, 2.05) is 0 Å². The smallest absolute Gasteiger partial charge is 0.306 e. The highest BCUT2D eigenvalue weighted by atomic mass is 16.4. The molecular formula is C23H44O4. The summed E-state index contributed by atoms with van der Waals surface area (Å²) < 4.78 is 0. The third-order valence-electron chi connectivity index (χ3n) is 5.45. The van der Waals surface area contributed by atoms with Gasteiger partial charge in [0.15, 0.2) is 0 Å². The molecule has 1 atom stereocenters. The Morgan fingerprint density at radius 3 is 1.33 bits per heavy atom. The minimum Gasteiger partial charge on any atom is -0.481 e. The molecule has 0 radical (unpaired) electrons. The Morgan fingerprint density at radius 1 is 0.593 bits per heavy atom. The van der Waals surface area contributed by atoms with Gasteiger partial charge in [0.25, 0.3) is 0 Å². The van der Waals surface area contributed by atoms with Crippen LogP contribution in [0.5, 0.6) is 0 Å². The first-order valence-electron chi connectivity index (χ1n) is 11.5. The van der Waals surface area contributed by atoms with Gasteiger partial charge in [-0.2, -0.15) is 0 Å². The lowest BCUT2D eigenvalue weighted by molar-refractivity contribution is -0.142. The number of unbranched alkanes of at least 4 members (excludes halogenated alkanes) is 14. The Bertz CT molecular complexity index is 354. The zero-order valence-corrected chi connectivity index (χ0v) is 17.7. The number of hydrogen-bond acceptors (Lipinski definition) is 2. The van der Waals surface area contributed by atoms with E-state index in [0.29, 0.717) is 6.42 Å². The second-order valence-corrected chi connectivity index (χ2v) is 8.06. The van der Waals surface area contributed by atoms with Crippen LogP contribution in [0.25, 0.3) is 0 Å². The van der Waals surface area contributed by atoms with Crippen molar-refractivity contribution in [2.75, 3.05) is 0 Å². The predicted octanol–water partition coefficient (Wildman–Crippen LogP) is 7.20. The van der Waals surface area contributed by atoms with Crippen molar-refractivity contribution in [2.24, 2.45) is 5.92 Å². The normalized spacial score (nSPS) is 12.2. The summed E-state index contributed by atoms with van der Waals surface area (Å²) in [5, 5.41) is 17.9. The molecule has 4 nitrogen and oxygen atoms in total. The topological polar surface area (TPSA) is 74.6 Å². The van der Waals surface area contributed by atoms with E-state index < -0.39 is 11.9 Å². The molecular weight excluding hydrogens is 340 g/mol. The minimum absolute atomic E-state index is 0.132. The summed E-state index contributed by atoms with van der Waals surface area (Å²) in [6, 6.07) is 0. The lowest BCUT2D eigenvalue weighted by Crippen LogP contribution is -2.13. The van der Waals surface area contributed by atoms with Gasteiger partial charge < -0.3 is 10.2 Å². The number of hydrogen-bond donors (Lipinski definition) is 2. The van der Waals surface area contributed by atoms with Crippen LogP contribution in [0.1, 0.15) is 129 Å². The molecule has 0 aromatic heterocycles. The van der Waals surface area contributed by atoms with Crippen LogP contribution in [0.4, 0.5) is 0 Å². The van der Waals surface area contributed by atoms with Crippen LogP contribution in [-0.2, 0) is 9.59 Å². The quantitative estimate of drug-likeness (QED) is 0.205. The summed E-state index contributed by atoms with van der Waals surface area (Å²) in [6.45, 7) is 2.20. The fraction of sp³-hybridized carbons (Fsp3) is 0.913. The standard InChI is InChI=1S/C23H44O4/c1-2-3-4-12-15-18-21(23(26)27)19-16-13-10-8-6-5-7-9-11-14-17-20-22(24)25/h21H,2-20H2,1H3,(H,24,25)(H,26,27). The average molecular weight is 385 g/mol. The Morgan fingerprint density at radius 2 is 0.963 bits per heavy atom. The second-order valence-electron chi connectivity index (χ2n) is 8.06. The molecule has 1 unspecified atom stereocenters. The van der Waals surface area contributed by atoms with Crippen LogP contribution in [0.3, 0.4) is 0 Å². The molecule has 0 amide bonds. The van der Waals surface area contributed by atoms with Gasteiger partial charge in [-0.3, -0.25) is 9.59 Å². The van der Waals surface area contributed by atoms with E-state index in [1.165, 1.54) is 64.2 Å². The van der Waals surface area contributed by atoms with Gasteiger partial charge in [-0.15, -0.1) is 0 Å². The maximum Gasteiger partial charge on any atom is 0.306 e.